The summed E-state index contributed by atoms with van der Waals surface area (Å²) in [6.45, 7) is 2.63. The fourth-order valence-electron chi connectivity index (χ4n) is 2.29. The van der Waals surface area contributed by atoms with E-state index in [9.17, 15) is 9.59 Å². The third kappa shape index (κ3) is 5.77. The number of aromatic nitrogens is 1. The number of carbonyl (C=O) groups excluding carboxylic acids is 1. The maximum absolute atomic E-state index is 12.0. The van der Waals surface area contributed by atoms with Crippen molar-refractivity contribution in [1.29, 1.82) is 0 Å². The average Bonchev–Trinajstić information content (AvgIpc) is 3.03. The summed E-state index contributed by atoms with van der Waals surface area (Å²) in [6, 6.07) is 8.18. The highest BCUT2D eigenvalue weighted by Gasteiger charge is 2.09. The van der Waals surface area contributed by atoms with Crippen molar-refractivity contribution >= 4 is 23.2 Å². The molecule has 1 aromatic carbocycles. The summed E-state index contributed by atoms with van der Waals surface area (Å²) in [5, 5.41) is 13.9. The van der Waals surface area contributed by atoms with E-state index in [1.807, 2.05) is 12.1 Å². The van der Waals surface area contributed by atoms with Gasteiger partial charge in [-0.15, -0.1) is 11.3 Å². The molecule has 0 fully saturated rings. The van der Waals surface area contributed by atoms with Crippen molar-refractivity contribution in [3.63, 3.8) is 0 Å². The van der Waals surface area contributed by atoms with Gasteiger partial charge >= 0.3 is 5.97 Å². The lowest BCUT2D eigenvalue weighted by Crippen LogP contribution is -2.27. The number of carboxylic acids is 1. The molecule has 24 heavy (non-hydrogen) atoms. The summed E-state index contributed by atoms with van der Waals surface area (Å²) in [7, 11) is 0. The highest BCUT2D eigenvalue weighted by molar-refractivity contribution is 7.09. The van der Waals surface area contributed by atoms with Gasteiger partial charge in [0.05, 0.1) is 11.4 Å². The summed E-state index contributed by atoms with van der Waals surface area (Å²) < 4.78 is 0. The van der Waals surface area contributed by atoms with Crippen LogP contribution in [0.3, 0.4) is 0 Å². The number of thiazole rings is 1. The number of aromatic carboxylic acids is 1. The summed E-state index contributed by atoms with van der Waals surface area (Å²) in [5.74, 6) is -1.06. The molecule has 0 aliphatic carbocycles. The average molecular weight is 346 g/mol. The van der Waals surface area contributed by atoms with E-state index in [2.05, 4.69) is 29.4 Å². The van der Waals surface area contributed by atoms with Crippen molar-refractivity contribution in [3.8, 4) is 0 Å². The van der Waals surface area contributed by atoms with Crippen LogP contribution in [0.1, 0.15) is 46.4 Å². The lowest BCUT2D eigenvalue weighted by atomic mass is 10.0. The van der Waals surface area contributed by atoms with Crippen LogP contribution < -0.4 is 5.32 Å². The van der Waals surface area contributed by atoms with Gasteiger partial charge < -0.3 is 10.4 Å². The normalized spacial score (nSPS) is 10.5. The van der Waals surface area contributed by atoms with Gasteiger partial charge in [0.2, 0.25) is 5.91 Å². The minimum Gasteiger partial charge on any atom is -0.476 e. The molecule has 0 aliphatic heterocycles. The number of aryl methyl sites for hydroxylation is 1. The molecule has 0 aliphatic rings. The lowest BCUT2D eigenvalue weighted by Gasteiger charge is -2.05. The Morgan fingerprint density at radius 3 is 2.50 bits per heavy atom. The first kappa shape index (κ1) is 18.1. The molecule has 2 aromatic rings. The Labute approximate surface area is 145 Å². The second-order valence-electron chi connectivity index (χ2n) is 5.63. The van der Waals surface area contributed by atoms with Crippen LogP contribution in [0.25, 0.3) is 0 Å². The first-order chi connectivity index (χ1) is 11.6. The Hall–Kier alpha value is -2.21. The summed E-state index contributed by atoms with van der Waals surface area (Å²) >= 11 is 1.30. The first-order valence-electron chi connectivity index (χ1n) is 8.10. The first-order valence-corrected chi connectivity index (χ1v) is 8.98. The Morgan fingerprint density at radius 1 is 1.17 bits per heavy atom. The maximum atomic E-state index is 12.0. The van der Waals surface area contributed by atoms with E-state index >= 15 is 0 Å². The highest BCUT2D eigenvalue weighted by atomic mass is 32.1. The molecule has 0 unspecified atom stereocenters. The molecule has 0 spiro atoms. The third-order valence-electron chi connectivity index (χ3n) is 3.64. The topological polar surface area (TPSA) is 79.3 Å². The van der Waals surface area contributed by atoms with Crippen molar-refractivity contribution < 1.29 is 14.7 Å². The van der Waals surface area contributed by atoms with E-state index in [1.54, 1.807) is 0 Å². The molecule has 0 atom stereocenters. The number of amides is 1. The quantitative estimate of drug-likeness (QED) is 0.731. The number of carboxylic acid groups (broad SMARTS) is 1. The van der Waals surface area contributed by atoms with Crippen LogP contribution in [-0.2, 0) is 24.1 Å². The molecule has 5 nitrogen and oxygen atoms in total. The summed E-state index contributed by atoms with van der Waals surface area (Å²) in [4.78, 5) is 26.7. The van der Waals surface area contributed by atoms with Crippen LogP contribution in [0.4, 0.5) is 0 Å². The highest BCUT2D eigenvalue weighted by Crippen LogP contribution is 2.10. The molecule has 0 saturated carbocycles. The van der Waals surface area contributed by atoms with Crippen LogP contribution in [0, 0.1) is 0 Å². The monoisotopic (exact) mass is 346 g/mol. The fourth-order valence-corrected chi connectivity index (χ4v) is 3.06. The van der Waals surface area contributed by atoms with Crippen LogP contribution in [0.2, 0.25) is 0 Å². The zero-order chi connectivity index (χ0) is 17.4. The number of rotatable bonds is 9. The largest absolute Gasteiger partial charge is 0.476 e. The van der Waals surface area contributed by atoms with Crippen molar-refractivity contribution in [3.05, 3.63) is 51.5 Å². The number of hydrogen-bond donors (Lipinski definition) is 2. The molecule has 1 aromatic heterocycles. The molecule has 0 bridgehead atoms. The number of nitrogens with one attached hydrogen (secondary N) is 1. The number of carbonyl (C=O) groups is 2. The Balaban J connectivity index is 1.73. The molecule has 1 amide bonds. The van der Waals surface area contributed by atoms with Gasteiger partial charge in [-0.25, -0.2) is 9.78 Å². The molecule has 2 rings (SSSR count). The van der Waals surface area contributed by atoms with Gasteiger partial charge in [0.15, 0.2) is 5.69 Å². The standard InChI is InChI=1S/C18H22N2O3S/c1-2-3-4-13-5-7-14(8-6-13)11-16(21)19-10-9-17-20-15(12-24-17)18(22)23/h5-8,12H,2-4,9-11H2,1H3,(H,19,21)(H,22,23). The van der Waals surface area contributed by atoms with Gasteiger partial charge in [0, 0.05) is 18.3 Å². The number of benzene rings is 1. The van der Waals surface area contributed by atoms with Crippen LogP contribution in [-0.4, -0.2) is 28.5 Å². The predicted octanol–water partition coefficient (Wildman–Crippen LogP) is 3.09. The van der Waals surface area contributed by atoms with Crippen molar-refractivity contribution in [1.82, 2.24) is 10.3 Å². The lowest BCUT2D eigenvalue weighted by molar-refractivity contribution is -0.120. The Kier molecular flexibility index (Phi) is 6.93. The number of nitrogens with zero attached hydrogens (tertiary/aromatic N) is 1. The summed E-state index contributed by atoms with van der Waals surface area (Å²) in [5.41, 5.74) is 2.36. The number of hydrogen-bond acceptors (Lipinski definition) is 4. The van der Waals surface area contributed by atoms with Gasteiger partial charge in [0.25, 0.3) is 0 Å². The van der Waals surface area contributed by atoms with E-state index < -0.39 is 5.97 Å². The SMILES string of the molecule is CCCCc1ccc(CC(=O)NCCc2nc(C(=O)O)cs2)cc1. The van der Waals surface area contributed by atoms with E-state index in [1.165, 1.54) is 35.1 Å². The molecule has 6 heteroatoms. The minimum atomic E-state index is -1.02. The van der Waals surface area contributed by atoms with E-state index in [-0.39, 0.29) is 11.6 Å². The third-order valence-corrected chi connectivity index (χ3v) is 4.55. The minimum absolute atomic E-state index is 0.0358. The Bertz CT molecular complexity index is 680. The molecule has 2 N–H and O–H groups in total. The van der Waals surface area contributed by atoms with Crippen LogP contribution in [0.5, 0.6) is 0 Å². The van der Waals surface area contributed by atoms with Crippen molar-refractivity contribution in [2.24, 2.45) is 0 Å². The zero-order valence-corrected chi connectivity index (χ0v) is 14.6. The fraction of sp³-hybridized carbons (Fsp3) is 0.389. The smallest absolute Gasteiger partial charge is 0.355 e. The second-order valence-corrected chi connectivity index (χ2v) is 6.57. The van der Waals surface area contributed by atoms with Gasteiger partial charge in [-0.1, -0.05) is 37.6 Å². The van der Waals surface area contributed by atoms with Crippen molar-refractivity contribution in [2.45, 2.75) is 39.0 Å². The van der Waals surface area contributed by atoms with E-state index in [0.29, 0.717) is 24.4 Å². The van der Waals surface area contributed by atoms with Crippen molar-refractivity contribution in [2.75, 3.05) is 6.54 Å². The zero-order valence-electron chi connectivity index (χ0n) is 13.7. The number of unbranched alkanes of at least 4 members (excludes halogenated alkanes) is 1. The van der Waals surface area contributed by atoms with E-state index in [4.69, 9.17) is 5.11 Å². The Morgan fingerprint density at radius 2 is 1.88 bits per heavy atom. The molecule has 1 heterocycles. The molecule has 0 saturated heterocycles. The van der Waals surface area contributed by atoms with Gasteiger partial charge in [0.1, 0.15) is 0 Å². The van der Waals surface area contributed by atoms with Crippen LogP contribution >= 0.6 is 11.3 Å². The molecular formula is C18H22N2O3S. The van der Waals surface area contributed by atoms with Gasteiger partial charge in [-0.3, -0.25) is 4.79 Å². The van der Waals surface area contributed by atoms with Gasteiger partial charge in [-0.05, 0) is 24.0 Å². The molecular weight excluding hydrogens is 324 g/mol. The van der Waals surface area contributed by atoms with Crippen LogP contribution in [0.15, 0.2) is 29.6 Å². The summed E-state index contributed by atoms with van der Waals surface area (Å²) in [6.07, 6.45) is 4.33. The van der Waals surface area contributed by atoms with E-state index in [0.717, 1.165) is 12.0 Å². The maximum Gasteiger partial charge on any atom is 0.355 e. The molecule has 128 valence electrons. The molecule has 0 radical (unpaired) electrons. The predicted molar refractivity (Wildman–Crippen MR) is 94.5 cm³/mol. The second kappa shape index (κ2) is 9.17. The van der Waals surface area contributed by atoms with Gasteiger partial charge in [-0.2, -0.15) is 0 Å².